The molecule has 1 N–H and O–H groups in total. The number of fused-ring (bicyclic) bond motifs is 2. The van der Waals surface area contributed by atoms with Gasteiger partial charge in [0.15, 0.2) is 4.77 Å². The summed E-state index contributed by atoms with van der Waals surface area (Å²) < 4.78 is 1.43. The van der Waals surface area contributed by atoms with E-state index in [1.807, 2.05) is 24.3 Å². The number of nitrogens with zero attached hydrogens (tertiary/aromatic N) is 2. The second kappa shape index (κ2) is 3.61. The predicted octanol–water partition coefficient (Wildman–Crippen LogP) is 3.60. The van der Waals surface area contributed by atoms with Gasteiger partial charge in [-0.25, -0.2) is 9.97 Å². The fourth-order valence-electron chi connectivity index (χ4n) is 1.64. The van der Waals surface area contributed by atoms with Crippen LogP contribution in [-0.2, 0) is 0 Å². The average Bonchev–Trinajstić information content (AvgIpc) is 2.28. The topological polar surface area (TPSA) is 41.6 Å². The predicted molar refractivity (Wildman–Crippen MR) is 69.9 cm³/mol. The van der Waals surface area contributed by atoms with Crippen molar-refractivity contribution in [1.29, 1.82) is 0 Å². The molecule has 16 heavy (non-hydrogen) atoms. The summed E-state index contributed by atoms with van der Waals surface area (Å²) in [5, 5.41) is 2.04. The Morgan fingerprint density at radius 2 is 2.12 bits per heavy atom. The normalized spacial score (nSPS) is 11.1. The Kier molecular flexibility index (Phi) is 2.22. The van der Waals surface area contributed by atoms with Crippen molar-refractivity contribution in [2.24, 2.45) is 0 Å². The first-order valence-corrected chi connectivity index (χ1v) is 5.88. The van der Waals surface area contributed by atoms with Gasteiger partial charge in [0.2, 0.25) is 0 Å². The van der Waals surface area contributed by atoms with Crippen LogP contribution in [0.1, 0.15) is 0 Å². The number of benzene rings is 1. The molecule has 0 unspecified atom stereocenters. The highest BCUT2D eigenvalue weighted by Crippen LogP contribution is 2.24. The van der Waals surface area contributed by atoms with Gasteiger partial charge in [-0.2, -0.15) is 0 Å². The smallest absolute Gasteiger partial charge is 0.198 e. The molecule has 0 fully saturated rings. The minimum atomic E-state index is 0.450. The van der Waals surface area contributed by atoms with Crippen LogP contribution in [0.3, 0.4) is 0 Å². The van der Waals surface area contributed by atoms with Gasteiger partial charge in [-0.05, 0) is 40.3 Å². The Morgan fingerprint density at radius 1 is 1.25 bits per heavy atom. The highest BCUT2D eigenvalue weighted by molar-refractivity contribution is 9.10. The molecule has 0 aliphatic rings. The van der Waals surface area contributed by atoms with Crippen LogP contribution in [0.2, 0.25) is 0 Å². The van der Waals surface area contributed by atoms with Gasteiger partial charge < -0.3 is 4.98 Å². The standard InChI is InChI=1S/C11H6BrN3S/c12-8-3-1-2-6-4-7-5-13-11(16)15-10(7)14-9(6)8/h1-5H,(H,13,14,15,16). The Labute approximate surface area is 105 Å². The van der Waals surface area contributed by atoms with Crippen LogP contribution in [0.25, 0.3) is 21.9 Å². The summed E-state index contributed by atoms with van der Waals surface area (Å²) in [6, 6.07) is 8.02. The van der Waals surface area contributed by atoms with Crippen LogP contribution in [0, 0.1) is 4.77 Å². The van der Waals surface area contributed by atoms with E-state index in [0.717, 1.165) is 26.4 Å². The van der Waals surface area contributed by atoms with E-state index in [4.69, 9.17) is 12.2 Å². The quantitative estimate of drug-likeness (QED) is 0.508. The Morgan fingerprint density at radius 3 is 3.00 bits per heavy atom. The Bertz CT molecular complexity index is 751. The molecule has 5 heteroatoms. The van der Waals surface area contributed by atoms with Crippen molar-refractivity contribution in [3.8, 4) is 0 Å². The lowest BCUT2D eigenvalue weighted by molar-refractivity contribution is 1.16. The van der Waals surface area contributed by atoms with E-state index in [1.54, 1.807) is 6.20 Å². The maximum Gasteiger partial charge on any atom is 0.198 e. The van der Waals surface area contributed by atoms with Gasteiger partial charge in [-0.3, -0.25) is 0 Å². The Hall–Kier alpha value is -1.33. The zero-order valence-corrected chi connectivity index (χ0v) is 10.5. The van der Waals surface area contributed by atoms with Gasteiger partial charge in [0.05, 0.1) is 5.52 Å². The van der Waals surface area contributed by atoms with Crippen LogP contribution in [0.5, 0.6) is 0 Å². The monoisotopic (exact) mass is 291 g/mol. The minimum Gasteiger partial charge on any atom is -0.315 e. The summed E-state index contributed by atoms with van der Waals surface area (Å²) in [5.74, 6) is 0. The molecule has 0 bridgehead atoms. The van der Waals surface area contributed by atoms with E-state index in [0.29, 0.717) is 4.77 Å². The zero-order valence-electron chi connectivity index (χ0n) is 8.07. The number of hydrogen-bond donors (Lipinski definition) is 1. The summed E-state index contributed by atoms with van der Waals surface area (Å²) in [6.07, 6.45) is 1.74. The second-order valence-electron chi connectivity index (χ2n) is 3.43. The van der Waals surface area contributed by atoms with Crippen LogP contribution in [0.15, 0.2) is 34.9 Å². The van der Waals surface area contributed by atoms with E-state index < -0.39 is 0 Å². The number of H-pyrrole nitrogens is 1. The molecule has 1 aromatic carbocycles. The van der Waals surface area contributed by atoms with Gasteiger partial charge >= 0.3 is 0 Å². The van der Waals surface area contributed by atoms with Crippen molar-refractivity contribution in [2.75, 3.05) is 0 Å². The van der Waals surface area contributed by atoms with Crippen molar-refractivity contribution < 1.29 is 0 Å². The summed E-state index contributed by atoms with van der Waals surface area (Å²) in [5.41, 5.74) is 1.69. The summed E-state index contributed by atoms with van der Waals surface area (Å²) in [4.78, 5) is 11.6. The van der Waals surface area contributed by atoms with Crippen LogP contribution in [-0.4, -0.2) is 15.0 Å². The van der Waals surface area contributed by atoms with Gasteiger partial charge in [0.1, 0.15) is 5.65 Å². The summed E-state index contributed by atoms with van der Waals surface area (Å²) in [7, 11) is 0. The number of nitrogens with one attached hydrogen (secondary N) is 1. The molecule has 0 aliphatic carbocycles. The summed E-state index contributed by atoms with van der Waals surface area (Å²) in [6.45, 7) is 0. The third-order valence-electron chi connectivity index (χ3n) is 2.37. The maximum atomic E-state index is 4.98. The SMILES string of the molecule is S=c1ncc2cc3cccc(Br)c3nc2[nH]1. The van der Waals surface area contributed by atoms with Crippen LogP contribution in [0.4, 0.5) is 0 Å². The fraction of sp³-hybridized carbons (Fsp3) is 0. The molecule has 2 heterocycles. The molecule has 3 nitrogen and oxygen atoms in total. The van der Waals surface area contributed by atoms with Gasteiger partial charge in [-0.15, -0.1) is 0 Å². The second-order valence-corrected chi connectivity index (χ2v) is 4.67. The van der Waals surface area contributed by atoms with E-state index in [2.05, 4.69) is 30.9 Å². The lowest BCUT2D eigenvalue weighted by Crippen LogP contribution is -1.89. The first kappa shape index (κ1) is 9.86. The number of rotatable bonds is 0. The molecular formula is C11H6BrN3S. The molecule has 0 spiro atoms. The average molecular weight is 292 g/mol. The number of hydrogen-bond acceptors (Lipinski definition) is 3. The molecule has 0 aliphatic heterocycles. The van der Waals surface area contributed by atoms with Crippen molar-refractivity contribution in [2.45, 2.75) is 0 Å². The summed E-state index contributed by atoms with van der Waals surface area (Å²) >= 11 is 8.46. The minimum absolute atomic E-state index is 0.450. The molecule has 3 aromatic rings. The van der Waals surface area contributed by atoms with Crippen LogP contribution < -0.4 is 0 Å². The van der Waals surface area contributed by atoms with Crippen molar-refractivity contribution in [1.82, 2.24) is 15.0 Å². The van der Waals surface area contributed by atoms with E-state index in [9.17, 15) is 0 Å². The molecule has 0 saturated carbocycles. The van der Waals surface area contributed by atoms with Crippen molar-refractivity contribution in [3.05, 3.63) is 39.7 Å². The number of aromatic nitrogens is 3. The van der Waals surface area contributed by atoms with Crippen molar-refractivity contribution in [3.63, 3.8) is 0 Å². The molecular weight excluding hydrogens is 286 g/mol. The largest absolute Gasteiger partial charge is 0.315 e. The molecule has 0 atom stereocenters. The van der Waals surface area contributed by atoms with E-state index in [-0.39, 0.29) is 0 Å². The molecule has 78 valence electrons. The first-order valence-electron chi connectivity index (χ1n) is 4.68. The highest BCUT2D eigenvalue weighted by atomic mass is 79.9. The third-order valence-corrected chi connectivity index (χ3v) is 3.22. The highest BCUT2D eigenvalue weighted by Gasteiger charge is 2.02. The zero-order chi connectivity index (χ0) is 11.1. The molecule has 2 aromatic heterocycles. The van der Waals surface area contributed by atoms with E-state index >= 15 is 0 Å². The number of aromatic amines is 1. The molecule has 3 rings (SSSR count). The number of halogens is 1. The van der Waals surface area contributed by atoms with E-state index in [1.165, 1.54) is 0 Å². The van der Waals surface area contributed by atoms with Crippen LogP contribution >= 0.6 is 28.1 Å². The third kappa shape index (κ3) is 1.52. The first-order chi connectivity index (χ1) is 7.74. The Balaban J connectivity index is 2.54. The van der Waals surface area contributed by atoms with Gasteiger partial charge in [0.25, 0.3) is 0 Å². The maximum absolute atomic E-state index is 4.98. The van der Waals surface area contributed by atoms with Crippen molar-refractivity contribution >= 4 is 50.1 Å². The lowest BCUT2D eigenvalue weighted by atomic mass is 10.2. The van der Waals surface area contributed by atoms with Gasteiger partial charge in [-0.1, -0.05) is 12.1 Å². The lowest BCUT2D eigenvalue weighted by Gasteiger charge is -2.02. The molecule has 0 amide bonds. The molecule has 0 radical (unpaired) electrons. The molecule has 0 saturated heterocycles. The number of para-hydroxylation sites is 1. The number of pyridine rings is 1. The fourth-order valence-corrected chi connectivity index (χ4v) is 2.26. The van der Waals surface area contributed by atoms with Gasteiger partial charge in [0, 0.05) is 21.4 Å².